The number of carbonyl (C=O) groups is 2. The second kappa shape index (κ2) is 11.8. The number of H-pyrrole nitrogens is 1. The number of nitrogens with one attached hydrogen (secondary N) is 2. The van der Waals surface area contributed by atoms with E-state index in [1.54, 1.807) is 30.5 Å². The summed E-state index contributed by atoms with van der Waals surface area (Å²) in [6, 6.07) is 10.6. The summed E-state index contributed by atoms with van der Waals surface area (Å²) in [5.74, 6) is 0.138. The van der Waals surface area contributed by atoms with Gasteiger partial charge in [-0.2, -0.15) is 12.6 Å². The van der Waals surface area contributed by atoms with Crippen molar-refractivity contribution in [1.82, 2.24) is 20.3 Å². The summed E-state index contributed by atoms with van der Waals surface area (Å²) in [5, 5.41) is 12.5. The van der Waals surface area contributed by atoms with E-state index in [0.717, 1.165) is 36.2 Å². The average Bonchev–Trinajstić information content (AvgIpc) is 3.21. The maximum atomic E-state index is 12.8. The second-order valence-electron chi connectivity index (χ2n) is 8.82. The number of rotatable bonds is 11. The Hall–Kier alpha value is -3.13. The molecule has 34 heavy (non-hydrogen) atoms. The highest BCUT2D eigenvalue weighted by molar-refractivity contribution is 7.80. The third-order valence-electron chi connectivity index (χ3n) is 5.52. The lowest BCUT2D eigenvalue weighted by Gasteiger charge is -2.17. The SMILES string of the molecule is CCCc1nc(C(=O)NC(CS)CC(C)C)[nH]c1Cc1ccc(-c2ccccc2C(=O)O)nc1. The van der Waals surface area contributed by atoms with Gasteiger partial charge in [0.25, 0.3) is 5.91 Å². The highest BCUT2D eigenvalue weighted by Gasteiger charge is 2.19. The molecule has 2 heterocycles. The van der Waals surface area contributed by atoms with E-state index in [2.05, 4.69) is 53.7 Å². The van der Waals surface area contributed by atoms with Crippen molar-refractivity contribution in [3.8, 4) is 11.3 Å². The smallest absolute Gasteiger partial charge is 0.336 e. The van der Waals surface area contributed by atoms with E-state index in [9.17, 15) is 14.7 Å². The molecule has 1 aromatic carbocycles. The standard InChI is InChI=1S/C26H32N4O3S/c1-4-7-22-23(30-24(29-22)25(31)28-18(15-34)12-16(2)3)13-17-10-11-21(27-14-17)19-8-5-6-9-20(19)26(32)33/h5-6,8-11,14,16,18,34H,4,7,12-13,15H2,1-3H3,(H,28,31)(H,29,30)(H,32,33). The third kappa shape index (κ3) is 6.47. The molecule has 3 aromatic rings. The van der Waals surface area contributed by atoms with Crippen LogP contribution in [-0.4, -0.2) is 43.7 Å². The summed E-state index contributed by atoms with van der Waals surface area (Å²) in [6.45, 7) is 6.31. The van der Waals surface area contributed by atoms with Crippen LogP contribution in [0.15, 0.2) is 42.6 Å². The Morgan fingerprint density at radius 1 is 1.18 bits per heavy atom. The molecule has 0 aliphatic heterocycles. The van der Waals surface area contributed by atoms with Crippen molar-refractivity contribution in [1.29, 1.82) is 0 Å². The fraction of sp³-hybridized carbons (Fsp3) is 0.385. The molecule has 7 nitrogen and oxygen atoms in total. The Morgan fingerprint density at radius 3 is 2.56 bits per heavy atom. The van der Waals surface area contributed by atoms with E-state index in [0.29, 0.717) is 35.2 Å². The van der Waals surface area contributed by atoms with E-state index in [1.807, 2.05) is 12.1 Å². The lowest BCUT2D eigenvalue weighted by molar-refractivity contribution is 0.0697. The van der Waals surface area contributed by atoms with Gasteiger partial charge in [0.1, 0.15) is 0 Å². The van der Waals surface area contributed by atoms with Gasteiger partial charge in [-0.15, -0.1) is 0 Å². The summed E-state index contributed by atoms with van der Waals surface area (Å²) in [6.07, 6.45) is 4.82. The molecule has 1 amide bonds. The number of thiol groups is 1. The molecule has 2 aromatic heterocycles. The molecule has 8 heteroatoms. The Kier molecular flexibility index (Phi) is 8.87. The van der Waals surface area contributed by atoms with Crippen LogP contribution in [0.4, 0.5) is 0 Å². The Balaban J connectivity index is 1.79. The van der Waals surface area contributed by atoms with Crippen LogP contribution in [0.25, 0.3) is 11.3 Å². The predicted molar refractivity (Wildman–Crippen MR) is 137 cm³/mol. The van der Waals surface area contributed by atoms with Gasteiger partial charge in [0.2, 0.25) is 0 Å². The molecule has 0 bridgehead atoms. The number of amides is 1. The molecule has 0 radical (unpaired) electrons. The minimum Gasteiger partial charge on any atom is -0.478 e. The van der Waals surface area contributed by atoms with Crippen LogP contribution in [0, 0.1) is 5.92 Å². The van der Waals surface area contributed by atoms with Gasteiger partial charge in [0.05, 0.1) is 17.0 Å². The number of aromatic nitrogens is 3. The van der Waals surface area contributed by atoms with Gasteiger partial charge in [0.15, 0.2) is 5.82 Å². The largest absolute Gasteiger partial charge is 0.478 e. The highest BCUT2D eigenvalue weighted by atomic mass is 32.1. The molecule has 0 saturated carbocycles. The van der Waals surface area contributed by atoms with E-state index >= 15 is 0 Å². The molecular weight excluding hydrogens is 448 g/mol. The molecule has 180 valence electrons. The van der Waals surface area contributed by atoms with Crippen molar-refractivity contribution >= 4 is 24.5 Å². The van der Waals surface area contributed by atoms with Crippen molar-refractivity contribution in [2.24, 2.45) is 5.92 Å². The average molecular weight is 481 g/mol. The van der Waals surface area contributed by atoms with Crippen molar-refractivity contribution < 1.29 is 14.7 Å². The molecule has 0 aliphatic rings. The number of hydrogen-bond acceptors (Lipinski definition) is 5. The van der Waals surface area contributed by atoms with Crippen molar-refractivity contribution in [3.63, 3.8) is 0 Å². The van der Waals surface area contributed by atoms with E-state index in [1.165, 1.54) is 0 Å². The van der Waals surface area contributed by atoms with Gasteiger partial charge in [0, 0.05) is 35.7 Å². The summed E-state index contributed by atoms with van der Waals surface area (Å²) < 4.78 is 0. The topological polar surface area (TPSA) is 108 Å². The highest BCUT2D eigenvalue weighted by Crippen LogP contribution is 2.23. The molecule has 1 atom stereocenters. The van der Waals surface area contributed by atoms with Crippen LogP contribution >= 0.6 is 12.6 Å². The van der Waals surface area contributed by atoms with Gasteiger partial charge < -0.3 is 15.4 Å². The minimum atomic E-state index is -0.984. The van der Waals surface area contributed by atoms with Gasteiger partial charge in [-0.1, -0.05) is 51.5 Å². The second-order valence-corrected chi connectivity index (χ2v) is 9.19. The quantitative estimate of drug-likeness (QED) is 0.295. The lowest BCUT2D eigenvalue weighted by Crippen LogP contribution is -2.37. The number of aromatic carboxylic acids is 1. The number of imidazole rings is 1. The molecule has 3 rings (SSSR count). The molecule has 1 unspecified atom stereocenters. The number of benzene rings is 1. The molecule has 0 saturated heterocycles. The minimum absolute atomic E-state index is 0.00978. The van der Waals surface area contributed by atoms with Gasteiger partial charge in [-0.25, -0.2) is 9.78 Å². The first kappa shape index (κ1) is 25.5. The molecule has 0 aliphatic carbocycles. The number of aromatic amines is 1. The monoisotopic (exact) mass is 480 g/mol. The number of carboxylic acid groups (broad SMARTS) is 1. The summed E-state index contributed by atoms with van der Waals surface area (Å²) >= 11 is 4.37. The molecule has 3 N–H and O–H groups in total. The van der Waals surface area contributed by atoms with Crippen LogP contribution in [0.1, 0.15) is 71.5 Å². The number of carboxylic acids is 1. The summed E-state index contributed by atoms with van der Waals surface area (Å²) in [5.41, 5.74) is 4.10. The maximum Gasteiger partial charge on any atom is 0.336 e. The number of hydrogen-bond donors (Lipinski definition) is 4. The Labute approximate surface area is 205 Å². The summed E-state index contributed by atoms with van der Waals surface area (Å²) in [4.78, 5) is 36.6. The van der Waals surface area contributed by atoms with Crippen molar-refractivity contribution in [2.45, 2.75) is 52.5 Å². The first-order valence-electron chi connectivity index (χ1n) is 11.6. The maximum absolute atomic E-state index is 12.8. The number of pyridine rings is 1. The molecule has 0 spiro atoms. The molecule has 0 fully saturated rings. The van der Waals surface area contributed by atoms with Crippen molar-refractivity contribution in [2.75, 3.05) is 5.75 Å². The zero-order valence-corrected chi connectivity index (χ0v) is 20.7. The van der Waals surface area contributed by atoms with Gasteiger partial charge in [-0.3, -0.25) is 9.78 Å². The first-order chi connectivity index (χ1) is 16.3. The number of carbonyl (C=O) groups excluding carboxylic acids is 1. The van der Waals surface area contributed by atoms with Crippen molar-refractivity contribution in [3.05, 3.63) is 70.9 Å². The fourth-order valence-electron chi connectivity index (χ4n) is 3.93. The fourth-order valence-corrected chi connectivity index (χ4v) is 4.17. The zero-order chi connectivity index (χ0) is 24.7. The summed E-state index contributed by atoms with van der Waals surface area (Å²) in [7, 11) is 0. The van der Waals surface area contributed by atoms with Crippen LogP contribution in [-0.2, 0) is 12.8 Å². The Morgan fingerprint density at radius 2 is 1.94 bits per heavy atom. The van der Waals surface area contributed by atoms with Gasteiger partial charge in [-0.05, 0) is 36.5 Å². The predicted octanol–water partition coefficient (Wildman–Crippen LogP) is 4.79. The Bertz CT molecular complexity index is 1130. The van der Waals surface area contributed by atoms with Crippen LogP contribution in [0.2, 0.25) is 0 Å². The van der Waals surface area contributed by atoms with E-state index in [-0.39, 0.29) is 17.5 Å². The molecular formula is C26H32N4O3S. The van der Waals surface area contributed by atoms with Crippen LogP contribution in [0.5, 0.6) is 0 Å². The number of aryl methyl sites for hydroxylation is 1. The lowest BCUT2D eigenvalue weighted by atomic mass is 10.0. The third-order valence-corrected chi connectivity index (χ3v) is 5.96. The van der Waals surface area contributed by atoms with E-state index in [4.69, 9.17) is 0 Å². The van der Waals surface area contributed by atoms with Crippen LogP contribution < -0.4 is 5.32 Å². The first-order valence-corrected chi connectivity index (χ1v) is 12.2. The van der Waals surface area contributed by atoms with E-state index < -0.39 is 5.97 Å². The van der Waals surface area contributed by atoms with Crippen LogP contribution in [0.3, 0.4) is 0 Å². The normalized spacial score (nSPS) is 12.0. The van der Waals surface area contributed by atoms with Gasteiger partial charge >= 0.3 is 5.97 Å². The number of nitrogens with zero attached hydrogens (tertiary/aromatic N) is 2. The zero-order valence-electron chi connectivity index (χ0n) is 19.8.